The van der Waals surface area contributed by atoms with Crippen LogP contribution in [0.1, 0.15) is 31.7 Å². The molecule has 0 radical (unpaired) electrons. The summed E-state index contributed by atoms with van der Waals surface area (Å²) in [6.45, 7) is 4.76. The monoisotopic (exact) mass is 239 g/mol. The van der Waals surface area contributed by atoms with Gasteiger partial charge in [0.1, 0.15) is 0 Å². The summed E-state index contributed by atoms with van der Waals surface area (Å²) >= 11 is 6.22. The first kappa shape index (κ1) is 13.1. The van der Waals surface area contributed by atoms with Crippen molar-refractivity contribution in [3.63, 3.8) is 0 Å². The van der Waals surface area contributed by atoms with Gasteiger partial charge in [0.2, 0.25) is 0 Å². The van der Waals surface area contributed by atoms with Gasteiger partial charge in [-0.3, -0.25) is 10.00 Å². The smallest absolute Gasteiger partial charge is 0.0863 e. The van der Waals surface area contributed by atoms with Crippen molar-refractivity contribution in [2.75, 3.05) is 0 Å². The Kier molecular flexibility index (Phi) is 4.85. The Morgan fingerprint density at radius 2 is 2.25 bits per heavy atom. The topological polar surface area (TPSA) is 29.9 Å². The quantitative estimate of drug-likeness (QED) is 0.798. The first-order chi connectivity index (χ1) is 7.63. The highest BCUT2D eigenvalue weighted by molar-refractivity contribution is 6.31. The van der Waals surface area contributed by atoms with Gasteiger partial charge in [0.25, 0.3) is 0 Å². The molecule has 0 aliphatic rings. The minimum absolute atomic E-state index is 0.0936. The van der Waals surface area contributed by atoms with Gasteiger partial charge in [0, 0.05) is 13.6 Å². The molecule has 88 valence electrons. The van der Waals surface area contributed by atoms with Gasteiger partial charge in [-0.25, -0.2) is 0 Å². The van der Waals surface area contributed by atoms with E-state index in [1.165, 1.54) is 0 Å². The minimum atomic E-state index is 0.0936. The molecule has 1 aromatic rings. The Morgan fingerprint density at radius 1 is 1.56 bits per heavy atom. The molecular weight excluding hydrogens is 222 g/mol. The predicted octanol–water partition coefficient (Wildman–Crippen LogP) is 2.14. The molecule has 0 aliphatic carbocycles. The summed E-state index contributed by atoms with van der Waals surface area (Å²) in [5, 5.41) is 8.38. The van der Waals surface area contributed by atoms with Crippen LogP contribution >= 0.6 is 11.6 Å². The molecule has 1 aromatic heterocycles. The molecule has 0 fully saturated rings. The number of aryl methyl sites for hydroxylation is 2. The van der Waals surface area contributed by atoms with Gasteiger partial charge >= 0.3 is 0 Å². The van der Waals surface area contributed by atoms with Gasteiger partial charge < -0.3 is 0 Å². The van der Waals surface area contributed by atoms with Crippen molar-refractivity contribution in [1.29, 1.82) is 0 Å². The number of hydrogen-bond donors (Lipinski definition) is 1. The fraction of sp³-hybridized carbons (Fsp3) is 0.583. The summed E-state index contributed by atoms with van der Waals surface area (Å²) in [5.41, 5.74) is 1.93. The van der Waals surface area contributed by atoms with E-state index in [0.29, 0.717) is 6.54 Å². The number of rotatable bonds is 5. The summed E-state index contributed by atoms with van der Waals surface area (Å²) < 4.78 is 1.82. The molecule has 3 nitrogen and oxygen atoms in total. The molecule has 0 saturated carbocycles. The van der Waals surface area contributed by atoms with Crippen molar-refractivity contribution in [2.45, 2.75) is 39.3 Å². The summed E-state index contributed by atoms with van der Waals surface area (Å²) in [6, 6.07) is 0.0936. The summed E-state index contributed by atoms with van der Waals surface area (Å²) in [7, 11) is 1.90. The Bertz CT molecular complexity index is 390. The molecule has 4 heteroatoms. The van der Waals surface area contributed by atoms with Gasteiger partial charge in [-0.05, 0) is 12.8 Å². The zero-order valence-corrected chi connectivity index (χ0v) is 10.8. The third kappa shape index (κ3) is 2.78. The van der Waals surface area contributed by atoms with Crippen LogP contribution in [0.4, 0.5) is 0 Å². The number of nitrogens with one attached hydrogen (secondary N) is 1. The van der Waals surface area contributed by atoms with E-state index in [9.17, 15) is 0 Å². The first-order valence-electron chi connectivity index (χ1n) is 5.53. The van der Waals surface area contributed by atoms with Crippen LogP contribution in [0.25, 0.3) is 0 Å². The van der Waals surface area contributed by atoms with Gasteiger partial charge in [-0.2, -0.15) is 5.10 Å². The lowest BCUT2D eigenvalue weighted by atomic mass is 10.2. The minimum Gasteiger partial charge on any atom is -0.298 e. The molecule has 0 spiro atoms. The molecule has 1 atom stereocenters. The molecule has 1 heterocycles. The molecule has 0 bridgehead atoms. The van der Waals surface area contributed by atoms with E-state index in [4.69, 9.17) is 18.0 Å². The number of nitrogens with zero attached hydrogens (tertiary/aromatic N) is 2. The number of aromatic nitrogens is 2. The zero-order valence-electron chi connectivity index (χ0n) is 10.0. The standard InChI is InChI=1S/C12H18ClN3/c1-5-9(6-2)14-8-11-12(13)10(7-3)15-16(11)4/h1,9,14H,6-8H2,2-4H3. The molecule has 0 aliphatic heterocycles. The fourth-order valence-electron chi connectivity index (χ4n) is 1.55. The second-order valence-corrected chi connectivity index (χ2v) is 4.07. The maximum Gasteiger partial charge on any atom is 0.0863 e. The van der Waals surface area contributed by atoms with Crippen LogP contribution in [0.15, 0.2) is 0 Å². The zero-order chi connectivity index (χ0) is 12.1. The van der Waals surface area contributed by atoms with Crippen LogP contribution < -0.4 is 5.32 Å². The largest absolute Gasteiger partial charge is 0.298 e. The summed E-state index contributed by atoms with van der Waals surface area (Å²) in [5.74, 6) is 2.70. The lowest BCUT2D eigenvalue weighted by Crippen LogP contribution is -2.27. The van der Waals surface area contributed by atoms with Gasteiger partial charge in [0.15, 0.2) is 0 Å². The van der Waals surface area contributed by atoms with Crippen LogP contribution in [0.2, 0.25) is 5.02 Å². The fourth-order valence-corrected chi connectivity index (χ4v) is 1.91. The van der Waals surface area contributed by atoms with E-state index in [1.807, 2.05) is 18.7 Å². The van der Waals surface area contributed by atoms with E-state index < -0.39 is 0 Å². The summed E-state index contributed by atoms with van der Waals surface area (Å²) in [4.78, 5) is 0. The maximum atomic E-state index is 6.22. The van der Waals surface area contributed by atoms with Crippen LogP contribution in [0.3, 0.4) is 0 Å². The van der Waals surface area contributed by atoms with Crippen molar-refractivity contribution in [3.8, 4) is 12.3 Å². The third-order valence-corrected chi connectivity index (χ3v) is 3.06. The van der Waals surface area contributed by atoms with Crippen molar-refractivity contribution < 1.29 is 0 Å². The van der Waals surface area contributed by atoms with Gasteiger partial charge in [-0.1, -0.05) is 31.4 Å². The first-order valence-corrected chi connectivity index (χ1v) is 5.91. The van der Waals surface area contributed by atoms with Crippen molar-refractivity contribution in [2.24, 2.45) is 7.05 Å². The van der Waals surface area contributed by atoms with E-state index in [0.717, 1.165) is 29.3 Å². The second kappa shape index (κ2) is 5.93. The Balaban J connectivity index is 2.74. The van der Waals surface area contributed by atoms with Gasteiger partial charge in [0.05, 0.1) is 22.5 Å². The second-order valence-electron chi connectivity index (χ2n) is 3.69. The van der Waals surface area contributed by atoms with Crippen LogP contribution in [0.5, 0.6) is 0 Å². The van der Waals surface area contributed by atoms with Gasteiger partial charge in [-0.15, -0.1) is 6.42 Å². The molecule has 1 rings (SSSR count). The number of halogens is 1. The van der Waals surface area contributed by atoms with Crippen LogP contribution in [-0.4, -0.2) is 15.8 Å². The average molecular weight is 240 g/mol. The van der Waals surface area contributed by atoms with E-state index in [1.54, 1.807) is 0 Å². The molecule has 0 aromatic carbocycles. The van der Waals surface area contributed by atoms with E-state index >= 15 is 0 Å². The lowest BCUT2D eigenvalue weighted by molar-refractivity contribution is 0.563. The van der Waals surface area contributed by atoms with Crippen LogP contribution in [0, 0.1) is 12.3 Å². The molecule has 16 heavy (non-hydrogen) atoms. The normalized spacial score (nSPS) is 12.4. The van der Waals surface area contributed by atoms with E-state index in [-0.39, 0.29) is 6.04 Å². The van der Waals surface area contributed by atoms with Crippen molar-refractivity contribution in [1.82, 2.24) is 15.1 Å². The highest BCUT2D eigenvalue weighted by Gasteiger charge is 2.13. The molecule has 1 unspecified atom stereocenters. The maximum absolute atomic E-state index is 6.22. The Hall–Kier alpha value is -0.980. The SMILES string of the molecule is C#CC(CC)NCc1c(Cl)c(CC)nn1C. The highest BCUT2D eigenvalue weighted by atomic mass is 35.5. The summed E-state index contributed by atoms with van der Waals surface area (Å²) in [6.07, 6.45) is 7.14. The molecule has 1 N–H and O–H groups in total. The molecular formula is C12H18ClN3. The average Bonchev–Trinajstić information content (AvgIpc) is 2.56. The lowest BCUT2D eigenvalue weighted by Gasteiger charge is -2.10. The van der Waals surface area contributed by atoms with E-state index in [2.05, 4.69) is 23.3 Å². The Labute approximate surface area is 102 Å². The number of terminal acetylenes is 1. The number of hydrogen-bond acceptors (Lipinski definition) is 2. The predicted molar refractivity (Wildman–Crippen MR) is 67.3 cm³/mol. The third-order valence-electron chi connectivity index (χ3n) is 2.63. The van der Waals surface area contributed by atoms with Crippen LogP contribution in [-0.2, 0) is 20.0 Å². The highest BCUT2D eigenvalue weighted by Crippen LogP contribution is 2.20. The van der Waals surface area contributed by atoms with Crippen molar-refractivity contribution >= 4 is 11.6 Å². The molecule has 0 saturated heterocycles. The van der Waals surface area contributed by atoms with Crippen molar-refractivity contribution in [3.05, 3.63) is 16.4 Å². The molecule has 0 amide bonds. The Morgan fingerprint density at radius 3 is 2.69 bits per heavy atom.